The highest BCUT2D eigenvalue weighted by Gasteiger charge is 2.19. The van der Waals surface area contributed by atoms with Crippen LogP contribution in [0, 0.1) is 5.92 Å². The number of hydrogen-bond acceptors (Lipinski definition) is 5. The summed E-state index contributed by atoms with van der Waals surface area (Å²) in [4.78, 5) is 12.3. The molecule has 2 unspecified atom stereocenters. The second kappa shape index (κ2) is 10.2. The third kappa shape index (κ3) is 5.69. The number of aromatic nitrogens is 5. The molecule has 0 radical (unpaired) electrons. The first kappa shape index (κ1) is 21.1. The molecular weight excluding hydrogens is 384 g/mol. The molecule has 1 N–H and O–H groups in total. The molecule has 0 aliphatic carbocycles. The van der Waals surface area contributed by atoms with Gasteiger partial charge in [0.1, 0.15) is 0 Å². The summed E-state index contributed by atoms with van der Waals surface area (Å²) >= 11 is 1.43. The summed E-state index contributed by atoms with van der Waals surface area (Å²) in [6, 6.07) is 12.2. The van der Waals surface area contributed by atoms with Gasteiger partial charge in [0.15, 0.2) is 11.0 Å². The number of rotatable bonds is 10. The van der Waals surface area contributed by atoms with Crippen LogP contribution in [0.15, 0.2) is 53.9 Å². The van der Waals surface area contributed by atoms with Crippen LogP contribution in [0.3, 0.4) is 0 Å². The third-order valence-corrected chi connectivity index (χ3v) is 5.71. The normalized spacial score (nSPS) is 13.2. The molecule has 8 heteroatoms. The number of thioether (sulfide) groups is 1. The molecule has 0 saturated heterocycles. The van der Waals surface area contributed by atoms with Gasteiger partial charge < -0.3 is 5.32 Å². The van der Waals surface area contributed by atoms with Crippen molar-refractivity contribution >= 4 is 17.7 Å². The number of amides is 1. The molecule has 1 aromatic carbocycles. The summed E-state index contributed by atoms with van der Waals surface area (Å²) in [6.07, 6.45) is 4.65. The number of benzene rings is 1. The fourth-order valence-corrected chi connectivity index (χ4v) is 3.87. The van der Waals surface area contributed by atoms with Gasteiger partial charge >= 0.3 is 0 Å². The molecule has 0 aliphatic heterocycles. The Morgan fingerprint density at radius 3 is 2.66 bits per heavy atom. The van der Waals surface area contributed by atoms with Crippen molar-refractivity contribution < 1.29 is 4.79 Å². The van der Waals surface area contributed by atoms with Gasteiger partial charge in [0.2, 0.25) is 5.91 Å². The highest BCUT2D eigenvalue weighted by atomic mass is 32.2. The van der Waals surface area contributed by atoms with Gasteiger partial charge in [0.25, 0.3) is 0 Å². The van der Waals surface area contributed by atoms with Crippen molar-refractivity contribution in [1.82, 2.24) is 29.9 Å². The molecule has 29 heavy (non-hydrogen) atoms. The molecule has 0 fully saturated rings. The highest BCUT2D eigenvalue weighted by Crippen LogP contribution is 2.28. The van der Waals surface area contributed by atoms with E-state index in [-0.39, 0.29) is 11.9 Å². The summed E-state index contributed by atoms with van der Waals surface area (Å²) in [5.74, 6) is 1.47. The van der Waals surface area contributed by atoms with Crippen LogP contribution in [-0.2, 0) is 11.3 Å². The minimum absolute atomic E-state index is 0.00211. The van der Waals surface area contributed by atoms with Crippen molar-refractivity contribution in [3.8, 4) is 11.4 Å². The molecule has 0 aliphatic rings. The van der Waals surface area contributed by atoms with E-state index in [0.29, 0.717) is 18.2 Å². The van der Waals surface area contributed by atoms with Crippen molar-refractivity contribution in [3.05, 3.63) is 48.8 Å². The Kier molecular flexibility index (Phi) is 7.46. The first-order chi connectivity index (χ1) is 14.1. The Morgan fingerprint density at radius 1 is 1.17 bits per heavy atom. The largest absolute Gasteiger partial charge is 0.355 e. The summed E-state index contributed by atoms with van der Waals surface area (Å²) in [7, 11) is 0. The van der Waals surface area contributed by atoms with Gasteiger partial charge in [-0.05, 0) is 25.3 Å². The summed E-state index contributed by atoms with van der Waals surface area (Å²) in [5, 5.41) is 16.7. The zero-order valence-electron chi connectivity index (χ0n) is 17.2. The second-order valence-electron chi connectivity index (χ2n) is 7.23. The highest BCUT2D eigenvalue weighted by molar-refractivity contribution is 7.99. The number of nitrogens with one attached hydrogen (secondary N) is 1. The number of carbonyl (C=O) groups is 1. The summed E-state index contributed by atoms with van der Waals surface area (Å²) < 4.78 is 4.01. The zero-order chi connectivity index (χ0) is 20.6. The van der Waals surface area contributed by atoms with Crippen LogP contribution < -0.4 is 5.32 Å². The van der Waals surface area contributed by atoms with Gasteiger partial charge in [-0.2, -0.15) is 5.10 Å². The molecule has 2 aromatic heterocycles. The SMILES string of the molecule is CCC(C)n1c(SCC(=O)NCC(C)Cn2cccn2)nnc1-c1ccccc1. The minimum Gasteiger partial charge on any atom is -0.355 e. The molecule has 154 valence electrons. The fourth-order valence-electron chi connectivity index (χ4n) is 3.00. The summed E-state index contributed by atoms with van der Waals surface area (Å²) in [6.45, 7) is 7.79. The molecule has 2 atom stereocenters. The molecule has 2 heterocycles. The molecule has 0 spiro atoms. The lowest BCUT2D eigenvalue weighted by Crippen LogP contribution is -2.31. The topological polar surface area (TPSA) is 77.6 Å². The maximum absolute atomic E-state index is 12.3. The Bertz CT molecular complexity index is 893. The Hall–Kier alpha value is -2.61. The van der Waals surface area contributed by atoms with Crippen LogP contribution in [0.25, 0.3) is 11.4 Å². The maximum Gasteiger partial charge on any atom is 0.230 e. The van der Waals surface area contributed by atoms with Crippen molar-refractivity contribution in [2.75, 3.05) is 12.3 Å². The average Bonchev–Trinajstić information content (AvgIpc) is 3.40. The van der Waals surface area contributed by atoms with E-state index in [2.05, 4.69) is 46.0 Å². The van der Waals surface area contributed by atoms with Crippen molar-refractivity contribution in [3.63, 3.8) is 0 Å². The van der Waals surface area contributed by atoms with Gasteiger partial charge in [-0.15, -0.1) is 10.2 Å². The van der Waals surface area contributed by atoms with Gasteiger partial charge in [0.05, 0.1) is 5.75 Å². The molecule has 0 bridgehead atoms. The monoisotopic (exact) mass is 412 g/mol. The first-order valence-electron chi connectivity index (χ1n) is 9.95. The van der Waals surface area contributed by atoms with Gasteiger partial charge in [-0.25, -0.2) is 0 Å². The molecule has 1 amide bonds. The Balaban J connectivity index is 1.58. The van der Waals surface area contributed by atoms with E-state index in [1.807, 2.05) is 47.3 Å². The smallest absolute Gasteiger partial charge is 0.230 e. The number of hydrogen-bond donors (Lipinski definition) is 1. The molecule has 7 nitrogen and oxygen atoms in total. The van der Waals surface area contributed by atoms with Crippen LogP contribution >= 0.6 is 11.8 Å². The van der Waals surface area contributed by atoms with E-state index in [1.54, 1.807) is 6.20 Å². The summed E-state index contributed by atoms with van der Waals surface area (Å²) in [5.41, 5.74) is 1.03. The van der Waals surface area contributed by atoms with E-state index < -0.39 is 0 Å². The fraction of sp³-hybridized carbons (Fsp3) is 0.429. The van der Waals surface area contributed by atoms with Gasteiger partial charge in [-0.1, -0.05) is 55.9 Å². The standard InChI is InChI=1S/C21H28N6OS/c1-4-17(3)27-20(18-9-6-5-7-10-18)24-25-21(27)29-15-19(28)22-13-16(2)14-26-12-8-11-23-26/h5-12,16-17H,4,13-15H2,1-3H3,(H,22,28). The van der Waals surface area contributed by atoms with Crippen LogP contribution in [0.2, 0.25) is 0 Å². The number of carbonyl (C=O) groups excluding carboxylic acids is 1. The van der Waals surface area contributed by atoms with E-state index in [0.717, 1.165) is 29.5 Å². The molecule has 3 aromatic rings. The second-order valence-corrected chi connectivity index (χ2v) is 8.17. The van der Waals surface area contributed by atoms with Crippen LogP contribution in [0.5, 0.6) is 0 Å². The van der Waals surface area contributed by atoms with Gasteiger partial charge in [-0.3, -0.25) is 14.0 Å². The molecule has 0 saturated carbocycles. The third-order valence-electron chi connectivity index (χ3n) is 4.77. The molecular formula is C21H28N6OS. The van der Waals surface area contributed by atoms with E-state index in [1.165, 1.54) is 11.8 Å². The van der Waals surface area contributed by atoms with Crippen LogP contribution in [-0.4, -0.2) is 42.7 Å². The Morgan fingerprint density at radius 2 is 1.97 bits per heavy atom. The Labute approximate surface area is 175 Å². The predicted molar refractivity (Wildman–Crippen MR) is 116 cm³/mol. The maximum atomic E-state index is 12.3. The minimum atomic E-state index is 0.00211. The quantitative estimate of drug-likeness (QED) is 0.514. The van der Waals surface area contributed by atoms with Crippen LogP contribution in [0.1, 0.15) is 33.2 Å². The van der Waals surface area contributed by atoms with Crippen molar-refractivity contribution in [2.24, 2.45) is 5.92 Å². The lowest BCUT2D eigenvalue weighted by molar-refractivity contribution is -0.118. The van der Waals surface area contributed by atoms with Crippen LogP contribution in [0.4, 0.5) is 0 Å². The lowest BCUT2D eigenvalue weighted by Gasteiger charge is -2.16. The van der Waals surface area contributed by atoms with Crippen molar-refractivity contribution in [2.45, 2.75) is 44.9 Å². The predicted octanol–water partition coefficient (Wildman–Crippen LogP) is 3.66. The van der Waals surface area contributed by atoms with Crippen molar-refractivity contribution in [1.29, 1.82) is 0 Å². The van der Waals surface area contributed by atoms with E-state index in [9.17, 15) is 4.79 Å². The first-order valence-corrected chi connectivity index (χ1v) is 10.9. The number of nitrogens with zero attached hydrogens (tertiary/aromatic N) is 5. The van der Waals surface area contributed by atoms with E-state index >= 15 is 0 Å². The average molecular weight is 413 g/mol. The molecule has 3 rings (SSSR count). The lowest BCUT2D eigenvalue weighted by atomic mass is 10.2. The van der Waals surface area contributed by atoms with E-state index in [4.69, 9.17) is 0 Å². The van der Waals surface area contributed by atoms with Gasteiger partial charge in [0, 0.05) is 37.1 Å². The zero-order valence-corrected chi connectivity index (χ0v) is 18.0.